The molecule has 0 saturated carbocycles. The fourth-order valence-electron chi connectivity index (χ4n) is 1.96. The molecule has 18 heavy (non-hydrogen) atoms. The minimum Gasteiger partial charge on any atom is -0.481 e. The molecule has 1 aliphatic heterocycles. The lowest BCUT2D eigenvalue weighted by Gasteiger charge is -2.19. The van der Waals surface area contributed by atoms with Gasteiger partial charge in [0.2, 0.25) is 0 Å². The highest BCUT2D eigenvalue weighted by atomic mass is 16.4. The van der Waals surface area contributed by atoms with Crippen LogP contribution in [-0.2, 0) is 4.79 Å². The number of aliphatic carboxylic acids is 1. The van der Waals surface area contributed by atoms with Crippen molar-refractivity contribution in [1.82, 2.24) is 10.2 Å². The first-order chi connectivity index (χ1) is 8.32. The van der Waals surface area contributed by atoms with Crippen LogP contribution in [0.3, 0.4) is 0 Å². The van der Waals surface area contributed by atoms with E-state index in [1.807, 2.05) is 0 Å². The molecule has 0 aromatic heterocycles. The van der Waals surface area contributed by atoms with Gasteiger partial charge in [-0.3, -0.25) is 4.79 Å². The van der Waals surface area contributed by atoms with Crippen molar-refractivity contribution in [1.29, 1.82) is 0 Å². The topological polar surface area (TPSA) is 89.9 Å². The minimum absolute atomic E-state index is 0.184. The van der Waals surface area contributed by atoms with E-state index in [1.165, 1.54) is 0 Å². The SMILES string of the molecule is CC(CCCNC(=O)N1CCC(C)(O)C1)C(=O)O. The summed E-state index contributed by atoms with van der Waals surface area (Å²) in [5, 5.41) is 21.2. The van der Waals surface area contributed by atoms with E-state index in [1.54, 1.807) is 18.7 Å². The molecule has 1 rings (SSSR count). The second-order valence-electron chi connectivity index (χ2n) is 5.28. The summed E-state index contributed by atoms with van der Waals surface area (Å²) in [6.07, 6.45) is 1.78. The fourth-order valence-corrected chi connectivity index (χ4v) is 1.96. The van der Waals surface area contributed by atoms with Crippen molar-refractivity contribution in [3.63, 3.8) is 0 Å². The van der Waals surface area contributed by atoms with Crippen LogP contribution < -0.4 is 5.32 Å². The molecular weight excluding hydrogens is 236 g/mol. The van der Waals surface area contributed by atoms with E-state index in [0.29, 0.717) is 38.9 Å². The summed E-state index contributed by atoms with van der Waals surface area (Å²) in [4.78, 5) is 23.9. The molecule has 104 valence electrons. The van der Waals surface area contributed by atoms with Gasteiger partial charge in [0.05, 0.1) is 18.1 Å². The van der Waals surface area contributed by atoms with Gasteiger partial charge in [0.15, 0.2) is 0 Å². The smallest absolute Gasteiger partial charge is 0.317 e. The van der Waals surface area contributed by atoms with E-state index < -0.39 is 11.6 Å². The van der Waals surface area contributed by atoms with Gasteiger partial charge < -0.3 is 20.4 Å². The van der Waals surface area contributed by atoms with Crippen LogP contribution in [0.1, 0.15) is 33.1 Å². The number of nitrogens with one attached hydrogen (secondary N) is 1. The zero-order valence-corrected chi connectivity index (χ0v) is 11.0. The number of carbonyl (C=O) groups excluding carboxylic acids is 1. The number of carboxylic acid groups (broad SMARTS) is 1. The molecule has 1 saturated heterocycles. The Hall–Kier alpha value is -1.30. The number of hydrogen-bond donors (Lipinski definition) is 3. The summed E-state index contributed by atoms with van der Waals surface area (Å²) < 4.78 is 0. The highest BCUT2D eigenvalue weighted by Gasteiger charge is 2.33. The average molecular weight is 258 g/mol. The third kappa shape index (κ3) is 4.52. The second kappa shape index (κ2) is 6.04. The minimum atomic E-state index is -0.808. The number of carboxylic acids is 1. The molecule has 3 N–H and O–H groups in total. The number of nitrogens with zero attached hydrogens (tertiary/aromatic N) is 1. The first-order valence-electron chi connectivity index (χ1n) is 6.30. The Morgan fingerprint density at radius 2 is 2.17 bits per heavy atom. The zero-order valence-electron chi connectivity index (χ0n) is 11.0. The average Bonchev–Trinajstić information content (AvgIpc) is 2.64. The predicted octanol–water partition coefficient (Wildman–Crippen LogP) is 0.654. The van der Waals surface area contributed by atoms with Crippen molar-refractivity contribution < 1.29 is 19.8 Å². The van der Waals surface area contributed by atoms with Crippen molar-refractivity contribution in [2.75, 3.05) is 19.6 Å². The van der Waals surface area contributed by atoms with E-state index in [4.69, 9.17) is 5.11 Å². The molecule has 2 unspecified atom stereocenters. The molecule has 0 radical (unpaired) electrons. The number of rotatable bonds is 5. The van der Waals surface area contributed by atoms with Gasteiger partial charge >= 0.3 is 12.0 Å². The Labute approximate surface area is 107 Å². The summed E-state index contributed by atoms with van der Waals surface area (Å²) in [6.45, 7) is 4.75. The van der Waals surface area contributed by atoms with Crippen molar-refractivity contribution in [2.24, 2.45) is 5.92 Å². The van der Waals surface area contributed by atoms with Crippen LogP contribution in [0.4, 0.5) is 4.79 Å². The van der Waals surface area contributed by atoms with Crippen LogP contribution in [0, 0.1) is 5.92 Å². The van der Waals surface area contributed by atoms with Gasteiger partial charge in [-0.25, -0.2) is 4.79 Å². The second-order valence-corrected chi connectivity index (χ2v) is 5.28. The monoisotopic (exact) mass is 258 g/mol. The largest absolute Gasteiger partial charge is 0.481 e. The maximum absolute atomic E-state index is 11.7. The fraction of sp³-hybridized carbons (Fsp3) is 0.833. The van der Waals surface area contributed by atoms with Gasteiger partial charge in [-0.1, -0.05) is 6.92 Å². The molecule has 0 bridgehead atoms. The zero-order chi connectivity index (χ0) is 13.8. The molecule has 1 heterocycles. The van der Waals surface area contributed by atoms with Crippen molar-refractivity contribution in [3.05, 3.63) is 0 Å². The lowest BCUT2D eigenvalue weighted by Crippen LogP contribution is -2.41. The van der Waals surface area contributed by atoms with Gasteiger partial charge in [-0.2, -0.15) is 0 Å². The molecule has 0 spiro atoms. The lowest BCUT2D eigenvalue weighted by molar-refractivity contribution is -0.141. The normalized spacial score (nSPS) is 24.9. The number of likely N-dealkylation sites (tertiary alicyclic amines) is 1. The standard InChI is InChI=1S/C12H22N2O4/c1-9(10(15)16)4-3-6-13-11(17)14-7-5-12(2,18)8-14/h9,18H,3-8H2,1-2H3,(H,13,17)(H,15,16). The molecule has 6 heteroatoms. The number of urea groups is 1. The molecule has 0 aliphatic carbocycles. The first kappa shape index (κ1) is 14.8. The third-order valence-electron chi connectivity index (χ3n) is 3.25. The lowest BCUT2D eigenvalue weighted by atomic mass is 10.1. The predicted molar refractivity (Wildman–Crippen MR) is 66.2 cm³/mol. The van der Waals surface area contributed by atoms with Crippen LogP contribution in [-0.4, -0.2) is 52.3 Å². The Kier molecular flexibility index (Phi) is 4.95. The Morgan fingerprint density at radius 3 is 2.67 bits per heavy atom. The van der Waals surface area contributed by atoms with Crippen LogP contribution >= 0.6 is 0 Å². The van der Waals surface area contributed by atoms with Crippen LogP contribution in [0.5, 0.6) is 0 Å². The van der Waals surface area contributed by atoms with Crippen molar-refractivity contribution in [2.45, 2.75) is 38.7 Å². The van der Waals surface area contributed by atoms with E-state index in [9.17, 15) is 14.7 Å². The Balaban J connectivity index is 2.17. The number of carbonyl (C=O) groups is 2. The summed E-state index contributed by atoms with van der Waals surface area (Å²) in [6, 6.07) is -0.184. The maximum Gasteiger partial charge on any atom is 0.317 e. The highest BCUT2D eigenvalue weighted by molar-refractivity contribution is 5.74. The molecule has 1 fully saturated rings. The number of amides is 2. The maximum atomic E-state index is 11.7. The number of β-amino-alcohol motifs (C(OH)–C–C–N with tert-alkyl or cyclic N) is 1. The first-order valence-corrected chi connectivity index (χ1v) is 6.30. The molecule has 0 aromatic carbocycles. The van der Waals surface area contributed by atoms with Crippen molar-refractivity contribution in [3.8, 4) is 0 Å². The summed E-state index contributed by atoms with van der Waals surface area (Å²) in [7, 11) is 0. The molecular formula is C12H22N2O4. The van der Waals surface area contributed by atoms with E-state index in [2.05, 4.69) is 5.32 Å². The molecule has 0 aromatic rings. The number of aliphatic hydroxyl groups is 1. The molecule has 6 nitrogen and oxygen atoms in total. The van der Waals surface area contributed by atoms with Crippen molar-refractivity contribution >= 4 is 12.0 Å². The molecule has 2 amide bonds. The van der Waals surface area contributed by atoms with E-state index in [-0.39, 0.29) is 11.9 Å². The Morgan fingerprint density at radius 1 is 1.50 bits per heavy atom. The number of hydrogen-bond acceptors (Lipinski definition) is 3. The van der Waals surface area contributed by atoms with Crippen LogP contribution in [0.15, 0.2) is 0 Å². The summed E-state index contributed by atoms with van der Waals surface area (Å²) >= 11 is 0. The van der Waals surface area contributed by atoms with E-state index in [0.717, 1.165) is 0 Å². The molecule has 1 aliphatic rings. The van der Waals surface area contributed by atoms with Gasteiger partial charge in [-0.15, -0.1) is 0 Å². The van der Waals surface area contributed by atoms with Gasteiger partial charge in [-0.05, 0) is 26.2 Å². The summed E-state index contributed by atoms with van der Waals surface area (Å²) in [5.74, 6) is -1.19. The third-order valence-corrected chi connectivity index (χ3v) is 3.25. The molecule has 2 atom stereocenters. The van der Waals surface area contributed by atoms with E-state index >= 15 is 0 Å². The van der Waals surface area contributed by atoms with Crippen LogP contribution in [0.25, 0.3) is 0 Å². The quantitative estimate of drug-likeness (QED) is 0.632. The highest BCUT2D eigenvalue weighted by Crippen LogP contribution is 2.19. The van der Waals surface area contributed by atoms with Gasteiger partial charge in [0.25, 0.3) is 0 Å². The van der Waals surface area contributed by atoms with Gasteiger partial charge in [0.1, 0.15) is 0 Å². The Bertz CT molecular complexity index is 317. The van der Waals surface area contributed by atoms with Crippen LogP contribution in [0.2, 0.25) is 0 Å². The van der Waals surface area contributed by atoms with Gasteiger partial charge in [0, 0.05) is 13.1 Å². The summed E-state index contributed by atoms with van der Waals surface area (Å²) in [5.41, 5.74) is -0.783.